The van der Waals surface area contributed by atoms with Gasteiger partial charge < -0.3 is 4.90 Å². The van der Waals surface area contributed by atoms with E-state index in [0.717, 1.165) is 17.1 Å². The third-order valence-corrected chi connectivity index (χ3v) is 9.42. The monoisotopic (exact) mass is 597 g/mol. The summed E-state index contributed by atoms with van der Waals surface area (Å²) in [7, 11) is 0. The lowest BCUT2D eigenvalue weighted by Crippen LogP contribution is -2.11. The lowest BCUT2D eigenvalue weighted by Gasteiger charge is -2.29. The molecule has 220 valence electrons. The molecule has 0 fully saturated rings. The molecule has 0 saturated carbocycles. The summed E-state index contributed by atoms with van der Waals surface area (Å²) in [6.45, 7) is 0. The molecule has 0 aliphatic heterocycles. The quantitative estimate of drug-likeness (QED) is 0.178. The van der Waals surface area contributed by atoms with Crippen molar-refractivity contribution in [2.75, 3.05) is 4.90 Å². The predicted molar refractivity (Wildman–Crippen MR) is 202 cm³/mol. The zero-order chi connectivity index (χ0) is 31.2. The van der Waals surface area contributed by atoms with Crippen LogP contribution in [0.3, 0.4) is 0 Å². The van der Waals surface area contributed by atoms with Crippen molar-refractivity contribution < 1.29 is 0 Å². The van der Waals surface area contributed by atoms with Crippen LogP contribution in [0.25, 0.3) is 65.3 Å². The van der Waals surface area contributed by atoms with E-state index in [1.165, 1.54) is 65.3 Å². The molecule has 0 amide bonds. The first-order chi connectivity index (χ1) is 23.3. The Morgan fingerprint density at radius 2 is 0.851 bits per heavy atom. The second kappa shape index (κ2) is 11.3. The van der Waals surface area contributed by atoms with Gasteiger partial charge >= 0.3 is 0 Å². The highest BCUT2D eigenvalue weighted by Gasteiger charge is 2.19. The van der Waals surface area contributed by atoms with Gasteiger partial charge in [-0.1, -0.05) is 152 Å². The second-order valence-electron chi connectivity index (χ2n) is 12.2. The van der Waals surface area contributed by atoms with Gasteiger partial charge in [-0.25, -0.2) is 0 Å². The number of fused-ring (bicyclic) bond motifs is 5. The summed E-state index contributed by atoms with van der Waals surface area (Å²) in [6.07, 6.45) is 0. The first-order valence-corrected chi connectivity index (χ1v) is 16.2. The molecule has 47 heavy (non-hydrogen) atoms. The molecule has 0 spiro atoms. The van der Waals surface area contributed by atoms with Crippen LogP contribution in [0.15, 0.2) is 188 Å². The lowest BCUT2D eigenvalue weighted by atomic mass is 9.93. The minimum absolute atomic E-state index is 1.11. The number of nitrogens with zero attached hydrogens (tertiary/aromatic N) is 1. The Balaban J connectivity index is 1.24. The van der Waals surface area contributed by atoms with Crippen molar-refractivity contribution in [3.63, 3.8) is 0 Å². The van der Waals surface area contributed by atoms with Crippen LogP contribution in [0.1, 0.15) is 0 Å². The minimum atomic E-state index is 1.11. The van der Waals surface area contributed by atoms with E-state index in [-0.39, 0.29) is 0 Å². The Labute approximate surface area is 274 Å². The van der Waals surface area contributed by atoms with E-state index in [1.807, 2.05) is 0 Å². The molecule has 0 saturated heterocycles. The highest BCUT2D eigenvalue weighted by atomic mass is 15.1. The Morgan fingerprint density at radius 3 is 1.68 bits per heavy atom. The highest BCUT2D eigenvalue weighted by Crippen LogP contribution is 2.44. The highest BCUT2D eigenvalue weighted by molar-refractivity contribution is 6.14. The number of hydrogen-bond donors (Lipinski definition) is 0. The molecule has 9 aromatic carbocycles. The molecular weight excluding hydrogens is 567 g/mol. The molecule has 9 aromatic rings. The second-order valence-corrected chi connectivity index (χ2v) is 12.2. The summed E-state index contributed by atoms with van der Waals surface area (Å²) >= 11 is 0. The van der Waals surface area contributed by atoms with Crippen molar-refractivity contribution in [1.29, 1.82) is 0 Å². The molecule has 9 rings (SSSR count). The maximum atomic E-state index is 2.43. The van der Waals surface area contributed by atoms with Crippen LogP contribution < -0.4 is 4.90 Å². The predicted octanol–water partition coefficient (Wildman–Crippen LogP) is 13.1. The van der Waals surface area contributed by atoms with E-state index < -0.39 is 0 Å². The van der Waals surface area contributed by atoms with Gasteiger partial charge in [0.15, 0.2) is 0 Å². The Bertz CT molecular complexity index is 2570. The summed E-state index contributed by atoms with van der Waals surface area (Å²) in [5.41, 5.74) is 8.25. The fourth-order valence-corrected chi connectivity index (χ4v) is 7.16. The number of rotatable bonds is 5. The Hall–Kier alpha value is -6.18. The van der Waals surface area contributed by atoms with Gasteiger partial charge in [0.1, 0.15) is 0 Å². The van der Waals surface area contributed by atoms with Gasteiger partial charge in [0, 0.05) is 16.6 Å². The van der Waals surface area contributed by atoms with Crippen molar-refractivity contribution in [3.05, 3.63) is 188 Å². The lowest BCUT2D eigenvalue weighted by molar-refractivity contribution is 1.30. The van der Waals surface area contributed by atoms with Crippen molar-refractivity contribution in [2.24, 2.45) is 0 Å². The third kappa shape index (κ3) is 4.72. The van der Waals surface area contributed by atoms with Crippen LogP contribution in [-0.4, -0.2) is 0 Å². The van der Waals surface area contributed by atoms with Crippen molar-refractivity contribution in [1.82, 2.24) is 0 Å². The van der Waals surface area contributed by atoms with E-state index in [2.05, 4.69) is 193 Å². The molecule has 0 aliphatic rings. The fraction of sp³-hybridized carbons (Fsp3) is 0. The minimum Gasteiger partial charge on any atom is -0.309 e. The van der Waals surface area contributed by atoms with Gasteiger partial charge in [-0.15, -0.1) is 0 Å². The number of hydrogen-bond acceptors (Lipinski definition) is 1. The van der Waals surface area contributed by atoms with Gasteiger partial charge in [0.2, 0.25) is 0 Å². The van der Waals surface area contributed by atoms with Crippen LogP contribution in [0.2, 0.25) is 0 Å². The molecule has 0 aromatic heterocycles. The van der Waals surface area contributed by atoms with E-state index >= 15 is 0 Å². The first-order valence-electron chi connectivity index (χ1n) is 16.2. The fourth-order valence-electron chi connectivity index (χ4n) is 7.16. The molecule has 0 atom stereocenters. The third-order valence-electron chi connectivity index (χ3n) is 9.42. The van der Waals surface area contributed by atoms with E-state index in [1.54, 1.807) is 0 Å². The molecule has 0 heterocycles. The van der Waals surface area contributed by atoms with Crippen LogP contribution in [0.4, 0.5) is 17.1 Å². The van der Waals surface area contributed by atoms with Gasteiger partial charge in [-0.2, -0.15) is 0 Å². The van der Waals surface area contributed by atoms with Gasteiger partial charge in [-0.05, 0) is 90.8 Å². The molecular formula is C46H31N. The van der Waals surface area contributed by atoms with Gasteiger partial charge in [-0.3, -0.25) is 0 Å². The van der Waals surface area contributed by atoms with Crippen molar-refractivity contribution in [3.8, 4) is 22.3 Å². The standard InChI is InChI=1S/C46H31N/c1-2-14-35-30-37(25-24-32(35)12-1)41-19-9-10-22-45(41)47(46-23-11-16-33-13-3-6-18-40(33)46)38-28-26-34(27-29-38)44-31-36-15-4-5-17-39(36)42-20-7-8-21-43(42)44/h1-31H. The summed E-state index contributed by atoms with van der Waals surface area (Å²) in [5, 5.41) is 10.0. The smallest absolute Gasteiger partial charge is 0.0540 e. The number of para-hydroxylation sites is 1. The van der Waals surface area contributed by atoms with E-state index in [9.17, 15) is 0 Å². The van der Waals surface area contributed by atoms with Crippen molar-refractivity contribution in [2.45, 2.75) is 0 Å². The molecule has 0 aliphatic carbocycles. The Morgan fingerprint density at radius 1 is 0.277 bits per heavy atom. The summed E-state index contributed by atoms with van der Waals surface area (Å²) in [4.78, 5) is 2.43. The zero-order valence-corrected chi connectivity index (χ0v) is 25.8. The average Bonchev–Trinajstić information content (AvgIpc) is 3.15. The summed E-state index contributed by atoms with van der Waals surface area (Å²) in [5.74, 6) is 0. The van der Waals surface area contributed by atoms with Crippen molar-refractivity contribution >= 4 is 60.2 Å². The summed E-state index contributed by atoms with van der Waals surface area (Å²) < 4.78 is 0. The average molecular weight is 598 g/mol. The summed E-state index contributed by atoms with van der Waals surface area (Å²) in [6, 6.07) is 68.3. The van der Waals surface area contributed by atoms with Gasteiger partial charge in [0.05, 0.1) is 11.4 Å². The normalized spacial score (nSPS) is 11.4. The van der Waals surface area contributed by atoms with Gasteiger partial charge in [0.25, 0.3) is 0 Å². The zero-order valence-electron chi connectivity index (χ0n) is 25.8. The Kier molecular flexibility index (Phi) is 6.54. The topological polar surface area (TPSA) is 3.24 Å². The van der Waals surface area contributed by atoms with Crippen LogP contribution >= 0.6 is 0 Å². The molecule has 1 nitrogen and oxygen atoms in total. The maximum Gasteiger partial charge on any atom is 0.0540 e. The van der Waals surface area contributed by atoms with E-state index in [0.29, 0.717) is 0 Å². The van der Waals surface area contributed by atoms with Crippen LogP contribution in [0, 0.1) is 0 Å². The number of benzene rings is 9. The largest absolute Gasteiger partial charge is 0.309 e. The molecule has 1 heteroatoms. The van der Waals surface area contributed by atoms with E-state index in [4.69, 9.17) is 0 Å². The maximum absolute atomic E-state index is 2.43. The first kappa shape index (κ1) is 27.2. The molecule has 0 unspecified atom stereocenters. The number of anilines is 3. The van der Waals surface area contributed by atoms with Crippen LogP contribution in [-0.2, 0) is 0 Å². The van der Waals surface area contributed by atoms with Crippen LogP contribution in [0.5, 0.6) is 0 Å². The molecule has 0 N–H and O–H groups in total. The SMILES string of the molecule is c1ccc(N(c2ccc(-c3cc4ccccc4c4ccccc34)cc2)c2cccc3ccccc23)c(-c2ccc3ccccc3c2)c1. The molecule has 0 radical (unpaired) electrons. The molecule has 0 bridgehead atoms.